The van der Waals surface area contributed by atoms with Crippen molar-refractivity contribution in [3.8, 4) is 0 Å². The van der Waals surface area contributed by atoms with Crippen molar-refractivity contribution in [3.05, 3.63) is 6.20 Å². The predicted octanol–water partition coefficient (Wildman–Crippen LogP) is 0.0204. The van der Waals surface area contributed by atoms with Crippen molar-refractivity contribution >= 4 is 21.7 Å². The molecule has 9 heteroatoms. The van der Waals surface area contributed by atoms with E-state index in [0.717, 1.165) is 6.42 Å². The molecule has 1 heterocycles. The molecule has 0 aromatic carbocycles. The number of nitrogens with one attached hydrogen (secondary N) is 1. The largest absolute Gasteiger partial charge is 0.381 e. The smallest absolute Gasteiger partial charge is 0.246 e. The number of aryl methyl sites for hydroxylation is 1. The molecule has 0 saturated heterocycles. The lowest BCUT2D eigenvalue weighted by atomic mass is 10.3. The van der Waals surface area contributed by atoms with Gasteiger partial charge in [-0.3, -0.25) is 9.48 Å². The van der Waals surface area contributed by atoms with Crippen LogP contribution in [0.15, 0.2) is 11.1 Å². The van der Waals surface area contributed by atoms with Crippen molar-refractivity contribution in [1.29, 1.82) is 0 Å². The Morgan fingerprint density at radius 2 is 2.14 bits per heavy atom. The van der Waals surface area contributed by atoms with Gasteiger partial charge in [0.15, 0.2) is 5.82 Å². The zero-order valence-electron chi connectivity index (χ0n) is 12.8. The summed E-state index contributed by atoms with van der Waals surface area (Å²) in [6.45, 7) is 6.34. The minimum absolute atomic E-state index is 0.0700. The van der Waals surface area contributed by atoms with E-state index < -0.39 is 16.1 Å². The number of carbonyl (C=O) groups is 1. The Morgan fingerprint density at radius 1 is 1.52 bits per heavy atom. The molecule has 0 aliphatic heterocycles. The van der Waals surface area contributed by atoms with Crippen LogP contribution in [0, 0.1) is 0 Å². The van der Waals surface area contributed by atoms with Gasteiger partial charge in [-0.25, -0.2) is 8.42 Å². The van der Waals surface area contributed by atoms with Crippen LogP contribution in [0.25, 0.3) is 0 Å². The molecule has 8 nitrogen and oxygen atoms in total. The van der Waals surface area contributed by atoms with Crippen LogP contribution in [0.4, 0.5) is 5.82 Å². The van der Waals surface area contributed by atoms with E-state index in [1.807, 2.05) is 13.8 Å². The van der Waals surface area contributed by atoms with Gasteiger partial charge in [0.1, 0.15) is 4.90 Å². The number of anilines is 1. The van der Waals surface area contributed by atoms with Gasteiger partial charge in [0.2, 0.25) is 15.9 Å². The van der Waals surface area contributed by atoms with Crippen LogP contribution in [0.5, 0.6) is 0 Å². The normalized spacial score (nSPS) is 13.1. The second kappa shape index (κ2) is 6.90. The zero-order chi connectivity index (χ0) is 16.2. The first-order valence-electron chi connectivity index (χ1n) is 6.83. The number of nitrogen functional groups attached to an aromatic ring is 1. The SMILES string of the molecule is CCCn1cc(S(=O)(=O)NC(C)C(=O)N(C)CC)c(N)n1. The number of hydrogen-bond acceptors (Lipinski definition) is 5. The maximum Gasteiger partial charge on any atom is 0.246 e. The lowest BCUT2D eigenvalue weighted by Gasteiger charge is -2.20. The van der Waals surface area contributed by atoms with E-state index in [-0.39, 0.29) is 16.6 Å². The zero-order valence-corrected chi connectivity index (χ0v) is 13.6. The molecule has 0 spiro atoms. The van der Waals surface area contributed by atoms with E-state index in [0.29, 0.717) is 13.1 Å². The molecule has 0 radical (unpaired) electrons. The fourth-order valence-electron chi connectivity index (χ4n) is 1.80. The predicted molar refractivity (Wildman–Crippen MR) is 80.0 cm³/mol. The Kier molecular flexibility index (Phi) is 5.73. The highest BCUT2D eigenvalue weighted by Crippen LogP contribution is 2.16. The van der Waals surface area contributed by atoms with Gasteiger partial charge in [0.05, 0.1) is 6.04 Å². The monoisotopic (exact) mass is 317 g/mol. The summed E-state index contributed by atoms with van der Waals surface area (Å²) in [4.78, 5) is 13.3. The van der Waals surface area contributed by atoms with E-state index in [2.05, 4.69) is 9.82 Å². The molecule has 21 heavy (non-hydrogen) atoms. The summed E-state index contributed by atoms with van der Waals surface area (Å²) < 4.78 is 28.4. The van der Waals surface area contributed by atoms with Crippen molar-refractivity contribution < 1.29 is 13.2 Å². The van der Waals surface area contributed by atoms with Crippen LogP contribution in [-0.4, -0.2) is 48.6 Å². The van der Waals surface area contributed by atoms with Gasteiger partial charge in [-0.15, -0.1) is 0 Å². The number of aromatic nitrogens is 2. The number of nitrogens with zero attached hydrogens (tertiary/aromatic N) is 3. The molecular weight excluding hydrogens is 294 g/mol. The number of amides is 1. The molecule has 0 aliphatic carbocycles. The minimum atomic E-state index is -3.88. The van der Waals surface area contributed by atoms with Crippen LogP contribution in [0.3, 0.4) is 0 Å². The number of likely N-dealkylation sites (N-methyl/N-ethyl adjacent to an activating group) is 1. The lowest BCUT2D eigenvalue weighted by Crippen LogP contribution is -2.45. The van der Waals surface area contributed by atoms with Gasteiger partial charge in [-0.05, 0) is 20.3 Å². The first kappa shape index (κ1) is 17.4. The first-order chi connectivity index (χ1) is 9.72. The number of sulfonamides is 1. The van der Waals surface area contributed by atoms with Crippen LogP contribution < -0.4 is 10.5 Å². The average Bonchev–Trinajstić information content (AvgIpc) is 2.78. The summed E-state index contributed by atoms with van der Waals surface area (Å²) >= 11 is 0. The fourth-order valence-corrected chi connectivity index (χ4v) is 3.07. The Bertz CT molecular complexity index is 596. The quantitative estimate of drug-likeness (QED) is 0.736. The average molecular weight is 317 g/mol. The topological polar surface area (TPSA) is 110 Å². The summed E-state index contributed by atoms with van der Waals surface area (Å²) in [7, 11) is -2.27. The molecule has 1 rings (SSSR count). The maximum atomic E-state index is 12.3. The van der Waals surface area contributed by atoms with Gasteiger partial charge in [0.25, 0.3) is 0 Å². The van der Waals surface area contributed by atoms with Crippen LogP contribution in [0.1, 0.15) is 27.2 Å². The van der Waals surface area contributed by atoms with Crippen molar-refractivity contribution in [2.45, 2.75) is 44.7 Å². The molecule has 1 atom stereocenters. The number of hydrogen-bond donors (Lipinski definition) is 2. The second-order valence-electron chi connectivity index (χ2n) is 4.84. The van der Waals surface area contributed by atoms with Gasteiger partial charge in [-0.2, -0.15) is 9.82 Å². The Balaban J connectivity index is 2.94. The third-order valence-electron chi connectivity index (χ3n) is 3.05. The third-order valence-corrected chi connectivity index (χ3v) is 4.61. The molecule has 1 aromatic heterocycles. The van der Waals surface area contributed by atoms with E-state index in [1.165, 1.54) is 22.7 Å². The Morgan fingerprint density at radius 3 is 2.67 bits per heavy atom. The van der Waals surface area contributed by atoms with Crippen LogP contribution in [-0.2, 0) is 21.4 Å². The maximum absolute atomic E-state index is 12.3. The standard InChI is InChI=1S/C12H23N5O3S/c1-5-7-17-8-10(11(13)14-17)21(19,20)15-9(3)12(18)16(4)6-2/h8-9,15H,5-7H2,1-4H3,(H2,13,14). The summed E-state index contributed by atoms with van der Waals surface area (Å²) in [5, 5.41) is 3.95. The second-order valence-corrected chi connectivity index (χ2v) is 6.52. The van der Waals surface area contributed by atoms with Crippen molar-refractivity contribution in [3.63, 3.8) is 0 Å². The molecular formula is C12H23N5O3S. The van der Waals surface area contributed by atoms with E-state index >= 15 is 0 Å². The summed E-state index contributed by atoms with van der Waals surface area (Å²) in [5.74, 6) is -0.375. The highest BCUT2D eigenvalue weighted by atomic mass is 32.2. The van der Waals surface area contributed by atoms with Crippen molar-refractivity contribution in [2.75, 3.05) is 19.3 Å². The van der Waals surface area contributed by atoms with Gasteiger partial charge in [0, 0.05) is 26.3 Å². The van der Waals surface area contributed by atoms with E-state index in [1.54, 1.807) is 7.05 Å². The molecule has 0 aliphatic rings. The Labute approximate surface area is 125 Å². The molecule has 0 bridgehead atoms. The van der Waals surface area contributed by atoms with Crippen molar-refractivity contribution in [2.24, 2.45) is 0 Å². The van der Waals surface area contributed by atoms with E-state index in [9.17, 15) is 13.2 Å². The van der Waals surface area contributed by atoms with Crippen LogP contribution in [0.2, 0.25) is 0 Å². The summed E-state index contributed by atoms with van der Waals surface area (Å²) in [6, 6.07) is -0.867. The minimum Gasteiger partial charge on any atom is -0.381 e. The molecule has 1 amide bonds. The van der Waals surface area contributed by atoms with E-state index in [4.69, 9.17) is 5.73 Å². The lowest BCUT2D eigenvalue weighted by molar-refractivity contribution is -0.131. The number of carbonyl (C=O) groups excluding carboxylic acids is 1. The Hall–Kier alpha value is -1.61. The highest BCUT2D eigenvalue weighted by Gasteiger charge is 2.27. The number of nitrogens with two attached hydrogens (primary N) is 1. The molecule has 3 N–H and O–H groups in total. The molecule has 120 valence electrons. The van der Waals surface area contributed by atoms with Gasteiger partial charge in [-0.1, -0.05) is 6.92 Å². The first-order valence-corrected chi connectivity index (χ1v) is 8.31. The molecule has 0 fully saturated rings. The summed E-state index contributed by atoms with van der Waals surface area (Å²) in [6.07, 6.45) is 2.19. The van der Waals surface area contributed by atoms with Crippen LogP contribution >= 0.6 is 0 Å². The fraction of sp³-hybridized carbons (Fsp3) is 0.667. The molecule has 1 unspecified atom stereocenters. The summed E-state index contributed by atoms with van der Waals surface area (Å²) in [5.41, 5.74) is 5.65. The molecule has 1 aromatic rings. The highest BCUT2D eigenvalue weighted by molar-refractivity contribution is 7.89. The molecule has 0 saturated carbocycles. The number of rotatable bonds is 7. The van der Waals surface area contributed by atoms with Crippen molar-refractivity contribution in [1.82, 2.24) is 19.4 Å². The third kappa shape index (κ3) is 4.18. The van der Waals surface area contributed by atoms with Gasteiger partial charge >= 0.3 is 0 Å². The van der Waals surface area contributed by atoms with Gasteiger partial charge < -0.3 is 10.6 Å².